The Morgan fingerprint density at radius 3 is 2.61 bits per heavy atom. The number of hydrogen-bond acceptors (Lipinski definition) is 4. The van der Waals surface area contributed by atoms with E-state index >= 15 is 0 Å². The average molecular weight is 504 g/mol. The van der Waals surface area contributed by atoms with Crippen molar-refractivity contribution in [1.29, 1.82) is 0 Å². The standard InChI is InChI=1S/C20H32N4O3.HI/c1-15(26-17-9-7-6-8-10-17)13-22-18(21-5)24-12-11-16(14-24)23-19(25)27-20(2,3)4;/h6-10,15-16H,11-14H2,1-5H3,(H,21,22)(H,23,25);1H. The number of carbonyl (C=O) groups is 1. The number of hydrogen-bond donors (Lipinski definition) is 2. The van der Waals surface area contributed by atoms with Gasteiger partial charge in [-0.2, -0.15) is 0 Å². The van der Waals surface area contributed by atoms with Crippen molar-refractivity contribution < 1.29 is 14.3 Å². The number of amides is 1. The quantitative estimate of drug-likeness (QED) is 0.366. The van der Waals surface area contributed by atoms with Crippen molar-refractivity contribution in [1.82, 2.24) is 15.5 Å². The summed E-state index contributed by atoms with van der Waals surface area (Å²) in [5.41, 5.74) is -0.491. The molecule has 0 saturated carbocycles. The van der Waals surface area contributed by atoms with E-state index in [1.165, 1.54) is 0 Å². The molecule has 2 unspecified atom stereocenters. The molecule has 1 amide bonds. The van der Waals surface area contributed by atoms with Crippen molar-refractivity contribution in [2.24, 2.45) is 4.99 Å². The van der Waals surface area contributed by atoms with Crippen LogP contribution in [0.4, 0.5) is 4.79 Å². The van der Waals surface area contributed by atoms with Gasteiger partial charge in [-0.25, -0.2) is 4.79 Å². The predicted molar refractivity (Wildman–Crippen MR) is 123 cm³/mol. The fourth-order valence-corrected chi connectivity index (χ4v) is 2.89. The Kier molecular flexibility index (Phi) is 9.84. The molecule has 0 radical (unpaired) electrons. The summed E-state index contributed by atoms with van der Waals surface area (Å²) in [5, 5.41) is 6.28. The Hall–Kier alpha value is -1.71. The lowest BCUT2D eigenvalue weighted by atomic mass is 10.2. The molecule has 1 heterocycles. The Balaban J connectivity index is 0.00000392. The number of alkyl carbamates (subject to hydrolysis) is 1. The first-order valence-corrected chi connectivity index (χ1v) is 9.43. The first-order chi connectivity index (χ1) is 12.8. The second kappa shape index (κ2) is 11.3. The van der Waals surface area contributed by atoms with Crippen LogP contribution in [0.15, 0.2) is 35.3 Å². The van der Waals surface area contributed by atoms with Gasteiger partial charge in [0, 0.05) is 20.1 Å². The molecule has 2 N–H and O–H groups in total. The van der Waals surface area contributed by atoms with Gasteiger partial charge in [-0.05, 0) is 46.2 Å². The summed E-state index contributed by atoms with van der Waals surface area (Å²) in [6.45, 7) is 9.77. The average Bonchev–Trinajstić information content (AvgIpc) is 3.02. The van der Waals surface area contributed by atoms with Gasteiger partial charge < -0.3 is 25.0 Å². The zero-order valence-electron chi connectivity index (χ0n) is 17.4. The Morgan fingerprint density at radius 1 is 1.32 bits per heavy atom. The molecule has 0 bridgehead atoms. The van der Waals surface area contributed by atoms with Crippen LogP contribution in [0.3, 0.4) is 0 Å². The van der Waals surface area contributed by atoms with Gasteiger partial charge in [-0.15, -0.1) is 24.0 Å². The number of para-hydroxylation sites is 1. The molecule has 2 rings (SSSR count). The fraction of sp³-hybridized carbons (Fsp3) is 0.600. The highest BCUT2D eigenvalue weighted by molar-refractivity contribution is 14.0. The summed E-state index contributed by atoms with van der Waals surface area (Å²) in [6, 6.07) is 9.81. The summed E-state index contributed by atoms with van der Waals surface area (Å²) in [4.78, 5) is 18.4. The van der Waals surface area contributed by atoms with Gasteiger partial charge in [0.1, 0.15) is 17.5 Å². The van der Waals surface area contributed by atoms with Crippen LogP contribution < -0.4 is 15.4 Å². The van der Waals surface area contributed by atoms with Crippen LogP contribution in [-0.2, 0) is 4.74 Å². The minimum absolute atomic E-state index is 0. The SMILES string of the molecule is CN=C(NCC(C)Oc1ccccc1)N1CCC(NC(=O)OC(C)(C)C)C1.I. The highest BCUT2D eigenvalue weighted by atomic mass is 127. The van der Waals surface area contributed by atoms with E-state index in [4.69, 9.17) is 9.47 Å². The molecule has 7 nitrogen and oxygen atoms in total. The van der Waals surface area contributed by atoms with Gasteiger partial charge in [0.2, 0.25) is 0 Å². The lowest BCUT2D eigenvalue weighted by molar-refractivity contribution is 0.0507. The molecule has 1 aromatic rings. The van der Waals surface area contributed by atoms with E-state index in [1.54, 1.807) is 7.05 Å². The lowest BCUT2D eigenvalue weighted by Crippen LogP contribution is -2.46. The molecule has 1 aliphatic rings. The minimum atomic E-state index is -0.491. The number of halogens is 1. The van der Waals surface area contributed by atoms with Gasteiger partial charge in [0.25, 0.3) is 0 Å². The number of benzene rings is 1. The topological polar surface area (TPSA) is 75.2 Å². The number of ether oxygens (including phenoxy) is 2. The summed E-state index contributed by atoms with van der Waals surface area (Å²) in [7, 11) is 1.76. The van der Waals surface area contributed by atoms with Crippen molar-refractivity contribution >= 4 is 36.0 Å². The smallest absolute Gasteiger partial charge is 0.407 e. The number of likely N-dealkylation sites (tertiary alicyclic amines) is 1. The Morgan fingerprint density at radius 2 is 2.00 bits per heavy atom. The van der Waals surface area contributed by atoms with Crippen LogP contribution in [-0.4, -0.2) is 61.4 Å². The third kappa shape index (κ3) is 8.53. The molecule has 1 aromatic carbocycles. The number of carbonyl (C=O) groups excluding carboxylic acids is 1. The van der Waals surface area contributed by atoms with Crippen LogP contribution in [0.2, 0.25) is 0 Å². The van der Waals surface area contributed by atoms with Gasteiger partial charge in [0.05, 0.1) is 12.6 Å². The van der Waals surface area contributed by atoms with E-state index in [9.17, 15) is 4.79 Å². The van der Waals surface area contributed by atoms with Crippen LogP contribution in [0, 0.1) is 0 Å². The van der Waals surface area contributed by atoms with Crippen molar-refractivity contribution in [3.8, 4) is 5.75 Å². The Labute approximate surface area is 185 Å². The van der Waals surface area contributed by atoms with Crippen LogP contribution >= 0.6 is 24.0 Å². The van der Waals surface area contributed by atoms with Crippen LogP contribution in [0.5, 0.6) is 5.75 Å². The molecule has 28 heavy (non-hydrogen) atoms. The maximum absolute atomic E-state index is 11.9. The van der Waals surface area contributed by atoms with Gasteiger partial charge >= 0.3 is 6.09 Å². The van der Waals surface area contributed by atoms with Crippen molar-refractivity contribution in [2.45, 2.75) is 51.9 Å². The Bertz CT molecular complexity index is 634. The van der Waals surface area contributed by atoms with Crippen LogP contribution in [0.25, 0.3) is 0 Å². The van der Waals surface area contributed by atoms with Crippen molar-refractivity contribution in [3.63, 3.8) is 0 Å². The monoisotopic (exact) mass is 504 g/mol. The third-order valence-electron chi connectivity index (χ3n) is 4.05. The van der Waals surface area contributed by atoms with E-state index in [2.05, 4.69) is 20.5 Å². The van der Waals surface area contributed by atoms with E-state index in [0.717, 1.165) is 24.7 Å². The molecule has 0 aliphatic carbocycles. The molecule has 1 fully saturated rings. The largest absolute Gasteiger partial charge is 0.489 e. The number of nitrogens with one attached hydrogen (secondary N) is 2. The fourth-order valence-electron chi connectivity index (χ4n) is 2.89. The molecule has 1 aliphatic heterocycles. The van der Waals surface area contributed by atoms with Gasteiger partial charge in [-0.1, -0.05) is 18.2 Å². The summed E-state index contributed by atoms with van der Waals surface area (Å²) in [5.74, 6) is 1.66. The van der Waals surface area contributed by atoms with E-state index in [1.807, 2.05) is 58.0 Å². The van der Waals surface area contributed by atoms with Crippen molar-refractivity contribution in [3.05, 3.63) is 30.3 Å². The molecular formula is C20H33IN4O3. The molecule has 2 atom stereocenters. The van der Waals surface area contributed by atoms with Gasteiger partial charge in [-0.3, -0.25) is 4.99 Å². The highest BCUT2D eigenvalue weighted by Gasteiger charge is 2.28. The lowest BCUT2D eigenvalue weighted by Gasteiger charge is -2.24. The normalized spacial score (nSPS) is 18.1. The highest BCUT2D eigenvalue weighted by Crippen LogP contribution is 2.13. The number of rotatable bonds is 5. The molecule has 8 heteroatoms. The van der Waals surface area contributed by atoms with E-state index < -0.39 is 5.60 Å². The zero-order valence-corrected chi connectivity index (χ0v) is 19.7. The second-order valence-corrected chi connectivity index (χ2v) is 7.75. The number of nitrogens with zero attached hydrogens (tertiary/aromatic N) is 2. The maximum atomic E-state index is 11.9. The molecule has 0 aromatic heterocycles. The summed E-state index contributed by atoms with van der Waals surface area (Å²) in [6.07, 6.45) is 0.486. The maximum Gasteiger partial charge on any atom is 0.407 e. The predicted octanol–water partition coefficient (Wildman–Crippen LogP) is 3.25. The van der Waals surface area contributed by atoms with Gasteiger partial charge in [0.15, 0.2) is 5.96 Å². The number of guanidine groups is 1. The first-order valence-electron chi connectivity index (χ1n) is 9.43. The summed E-state index contributed by atoms with van der Waals surface area (Å²) >= 11 is 0. The number of aliphatic imine (C=N–C) groups is 1. The molecule has 1 saturated heterocycles. The van der Waals surface area contributed by atoms with Crippen LogP contribution in [0.1, 0.15) is 34.1 Å². The molecular weight excluding hydrogens is 471 g/mol. The third-order valence-corrected chi connectivity index (χ3v) is 4.05. The molecule has 158 valence electrons. The summed E-state index contributed by atoms with van der Waals surface area (Å²) < 4.78 is 11.2. The zero-order chi connectivity index (χ0) is 19.9. The van der Waals surface area contributed by atoms with E-state index in [0.29, 0.717) is 13.1 Å². The first kappa shape index (κ1) is 24.3. The molecule has 0 spiro atoms. The second-order valence-electron chi connectivity index (χ2n) is 7.75. The minimum Gasteiger partial charge on any atom is -0.489 e. The van der Waals surface area contributed by atoms with E-state index in [-0.39, 0.29) is 42.2 Å². The van der Waals surface area contributed by atoms with Crippen molar-refractivity contribution in [2.75, 3.05) is 26.7 Å².